The number of aromatic nitrogens is 6. The Balaban J connectivity index is 1.55. The second kappa shape index (κ2) is 5.13. The molecule has 0 N–H and O–H groups in total. The monoisotopic (exact) mass is 346 g/mol. The molecule has 1 aliphatic rings. The third-order valence-electron chi connectivity index (χ3n) is 5.70. The van der Waals surface area contributed by atoms with Crippen LogP contribution < -0.4 is 0 Å². The Kier molecular flexibility index (Phi) is 3.05. The van der Waals surface area contributed by atoms with Crippen molar-refractivity contribution in [1.29, 1.82) is 0 Å². The molecule has 5 rings (SSSR count). The molecule has 1 aliphatic carbocycles. The van der Waals surface area contributed by atoms with Gasteiger partial charge in [0.2, 0.25) is 0 Å². The lowest BCUT2D eigenvalue weighted by Crippen LogP contribution is -1.97. The van der Waals surface area contributed by atoms with Crippen molar-refractivity contribution in [3.05, 3.63) is 58.2 Å². The average molecular weight is 346 g/mol. The molecule has 0 bridgehead atoms. The maximum atomic E-state index is 4.93. The maximum absolute atomic E-state index is 4.93. The normalized spacial score (nSPS) is 19.6. The zero-order valence-electron chi connectivity index (χ0n) is 15.8. The smallest absolute Gasteiger partial charge is 0.177 e. The van der Waals surface area contributed by atoms with E-state index in [9.17, 15) is 0 Å². The molecule has 132 valence electrons. The van der Waals surface area contributed by atoms with E-state index in [-0.39, 0.29) is 0 Å². The molecule has 2 unspecified atom stereocenters. The number of imidazole rings is 1. The molecule has 0 aliphatic heterocycles. The predicted octanol–water partition coefficient (Wildman–Crippen LogP) is 3.59. The predicted molar refractivity (Wildman–Crippen MR) is 99.8 cm³/mol. The third-order valence-corrected chi connectivity index (χ3v) is 5.70. The molecule has 0 amide bonds. The first kappa shape index (κ1) is 15.5. The molecule has 26 heavy (non-hydrogen) atoms. The Morgan fingerprint density at radius 2 is 1.81 bits per heavy atom. The number of nitrogens with zero attached hydrogens (tertiary/aromatic N) is 6. The second-order valence-corrected chi connectivity index (χ2v) is 7.59. The molecule has 6 heteroatoms. The summed E-state index contributed by atoms with van der Waals surface area (Å²) in [6.45, 7) is 10.4. The third kappa shape index (κ3) is 2.11. The van der Waals surface area contributed by atoms with Gasteiger partial charge in [-0.3, -0.25) is 4.98 Å². The quantitative estimate of drug-likeness (QED) is 0.556. The van der Waals surface area contributed by atoms with E-state index in [0.717, 1.165) is 34.9 Å². The molecule has 2 atom stereocenters. The Morgan fingerprint density at radius 3 is 2.58 bits per heavy atom. The van der Waals surface area contributed by atoms with E-state index >= 15 is 0 Å². The summed E-state index contributed by atoms with van der Waals surface area (Å²) >= 11 is 0. The maximum Gasteiger partial charge on any atom is 0.177 e. The minimum atomic E-state index is 0.347. The average Bonchev–Trinajstić information content (AvgIpc) is 3.16. The number of pyridine rings is 1. The van der Waals surface area contributed by atoms with Crippen LogP contribution in [0.15, 0.2) is 18.5 Å². The van der Waals surface area contributed by atoms with Gasteiger partial charge in [-0.1, -0.05) is 0 Å². The summed E-state index contributed by atoms with van der Waals surface area (Å²) < 4.78 is 4.12. The van der Waals surface area contributed by atoms with Crippen LogP contribution in [0.1, 0.15) is 58.0 Å². The molecule has 0 aromatic carbocycles. The summed E-state index contributed by atoms with van der Waals surface area (Å²) in [7, 11) is 0. The van der Waals surface area contributed by atoms with E-state index in [0.29, 0.717) is 11.8 Å². The van der Waals surface area contributed by atoms with Crippen LogP contribution in [0.4, 0.5) is 0 Å². The van der Waals surface area contributed by atoms with E-state index in [1.165, 1.54) is 22.5 Å². The van der Waals surface area contributed by atoms with Crippen LogP contribution in [-0.4, -0.2) is 29.0 Å². The van der Waals surface area contributed by atoms with Crippen molar-refractivity contribution in [2.24, 2.45) is 0 Å². The Hall–Kier alpha value is -2.76. The molecule has 0 spiro atoms. The van der Waals surface area contributed by atoms with Crippen LogP contribution in [0.5, 0.6) is 0 Å². The molecule has 0 saturated heterocycles. The highest BCUT2D eigenvalue weighted by Crippen LogP contribution is 2.54. The molecule has 4 heterocycles. The summed E-state index contributed by atoms with van der Waals surface area (Å²) in [6, 6.07) is 2.17. The van der Waals surface area contributed by atoms with Gasteiger partial charge in [-0.2, -0.15) is 5.10 Å². The molecule has 6 nitrogen and oxygen atoms in total. The summed E-state index contributed by atoms with van der Waals surface area (Å²) in [5.41, 5.74) is 8.81. The number of hydrogen-bond donors (Lipinski definition) is 0. The fourth-order valence-corrected chi connectivity index (χ4v) is 3.82. The van der Waals surface area contributed by atoms with Crippen molar-refractivity contribution in [1.82, 2.24) is 29.0 Å². The molecule has 0 radical (unpaired) electrons. The van der Waals surface area contributed by atoms with Gasteiger partial charge in [0.05, 0.1) is 17.1 Å². The van der Waals surface area contributed by atoms with Gasteiger partial charge < -0.3 is 4.40 Å². The summed E-state index contributed by atoms with van der Waals surface area (Å²) in [5, 5.41) is 4.75. The van der Waals surface area contributed by atoms with Gasteiger partial charge in [0.25, 0.3) is 0 Å². The first-order chi connectivity index (χ1) is 12.4. The van der Waals surface area contributed by atoms with Crippen molar-refractivity contribution in [2.45, 2.75) is 52.9 Å². The molecule has 4 aromatic rings. The number of aryl methyl sites for hydroxylation is 5. The summed E-state index contributed by atoms with van der Waals surface area (Å²) in [4.78, 5) is 14.1. The minimum absolute atomic E-state index is 0.347. The molecule has 1 saturated carbocycles. The van der Waals surface area contributed by atoms with Gasteiger partial charge in [-0.15, -0.1) is 0 Å². The largest absolute Gasteiger partial charge is 0.304 e. The fourth-order valence-electron chi connectivity index (χ4n) is 3.82. The number of fused-ring (bicyclic) bond motifs is 2. The second-order valence-electron chi connectivity index (χ2n) is 7.59. The summed E-state index contributed by atoms with van der Waals surface area (Å²) in [5.74, 6) is 1.67. The topological polar surface area (TPSA) is 60.4 Å². The Morgan fingerprint density at radius 1 is 1.00 bits per heavy atom. The molecule has 1 fully saturated rings. The van der Waals surface area contributed by atoms with Crippen molar-refractivity contribution >= 4 is 11.3 Å². The first-order valence-electron chi connectivity index (χ1n) is 9.08. The van der Waals surface area contributed by atoms with E-state index in [1.807, 2.05) is 24.6 Å². The van der Waals surface area contributed by atoms with Gasteiger partial charge in [0.1, 0.15) is 5.65 Å². The lowest BCUT2D eigenvalue weighted by molar-refractivity contribution is 0.827. The highest BCUT2D eigenvalue weighted by Gasteiger charge is 2.45. The SMILES string of the molecule is Cc1cc2nc(C3CC3c3nc4c(C)ncc(C)n4n3)c(C)n2cc1C. The van der Waals surface area contributed by atoms with E-state index in [2.05, 4.69) is 42.4 Å². The van der Waals surface area contributed by atoms with Crippen LogP contribution in [0.25, 0.3) is 11.3 Å². The van der Waals surface area contributed by atoms with Crippen LogP contribution >= 0.6 is 0 Å². The van der Waals surface area contributed by atoms with Gasteiger partial charge in [0.15, 0.2) is 11.5 Å². The lowest BCUT2D eigenvalue weighted by Gasteiger charge is -2.02. The lowest BCUT2D eigenvalue weighted by atomic mass is 10.2. The molecule has 4 aromatic heterocycles. The minimum Gasteiger partial charge on any atom is -0.304 e. The van der Waals surface area contributed by atoms with E-state index in [4.69, 9.17) is 15.1 Å². The van der Waals surface area contributed by atoms with Crippen LogP contribution in [0, 0.1) is 34.6 Å². The van der Waals surface area contributed by atoms with Gasteiger partial charge in [0, 0.05) is 29.9 Å². The Bertz CT molecular complexity index is 1140. The van der Waals surface area contributed by atoms with Crippen molar-refractivity contribution in [3.63, 3.8) is 0 Å². The standard InChI is InChI=1S/C20H22N6/c1-10-6-17-22-18(14(5)25(17)9-11(10)2)15-7-16(15)19-23-20-13(4)21-8-12(3)26(20)24-19/h6,8-9,15-16H,7H2,1-5H3. The highest BCUT2D eigenvalue weighted by molar-refractivity contribution is 5.50. The summed E-state index contributed by atoms with van der Waals surface area (Å²) in [6.07, 6.45) is 5.10. The van der Waals surface area contributed by atoms with Crippen molar-refractivity contribution in [2.75, 3.05) is 0 Å². The van der Waals surface area contributed by atoms with E-state index < -0.39 is 0 Å². The van der Waals surface area contributed by atoms with Crippen molar-refractivity contribution in [3.8, 4) is 0 Å². The van der Waals surface area contributed by atoms with Gasteiger partial charge >= 0.3 is 0 Å². The van der Waals surface area contributed by atoms with Gasteiger partial charge in [-0.25, -0.2) is 14.5 Å². The van der Waals surface area contributed by atoms with Crippen molar-refractivity contribution < 1.29 is 0 Å². The van der Waals surface area contributed by atoms with Crippen LogP contribution in [0.2, 0.25) is 0 Å². The van der Waals surface area contributed by atoms with Crippen LogP contribution in [-0.2, 0) is 0 Å². The molecular formula is C20H22N6. The fraction of sp³-hybridized carbons (Fsp3) is 0.400. The zero-order chi connectivity index (χ0) is 18.2. The first-order valence-corrected chi connectivity index (χ1v) is 9.08. The van der Waals surface area contributed by atoms with E-state index in [1.54, 1.807) is 0 Å². The Labute approximate surface area is 151 Å². The zero-order valence-corrected chi connectivity index (χ0v) is 15.8. The number of rotatable bonds is 2. The molecular weight excluding hydrogens is 324 g/mol. The van der Waals surface area contributed by atoms with Gasteiger partial charge in [-0.05, 0) is 58.2 Å². The number of hydrogen-bond acceptors (Lipinski definition) is 4. The highest BCUT2D eigenvalue weighted by atomic mass is 15.3. The van der Waals surface area contributed by atoms with Crippen LogP contribution in [0.3, 0.4) is 0 Å².